The second-order valence-electron chi connectivity index (χ2n) is 9.01. The van der Waals surface area contributed by atoms with Crippen LogP contribution in [0.1, 0.15) is 63.0 Å². The van der Waals surface area contributed by atoms with Gasteiger partial charge in [0.15, 0.2) is 0 Å². The van der Waals surface area contributed by atoms with Gasteiger partial charge < -0.3 is 24.3 Å². The van der Waals surface area contributed by atoms with E-state index in [1.165, 1.54) is 16.5 Å². The van der Waals surface area contributed by atoms with Gasteiger partial charge in [0.1, 0.15) is 6.10 Å². The van der Waals surface area contributed by atoms with E-state index in [-0.39, 0.29) is 11.9 Å². The molecule has 2 aliphatic rings. The van der Waals surface area contributed by atoms with E-state index in [0.717, 1.165) is 63.2 Å². The van der Waals surface area contributed by atoms with E-state index in [0.29, 0.717) is 19.2 Å². The van der Waals surface area contributed by atoms with Gasteiger partial charge in [-0.2, -0.15) is 0 Å². The van der Waals surface area contributed by atoms with E-state index in [2.05, 4.69) is 42.9 Å². The van der Waals surface area contributed by atoms with Gasteiger partial charge in [-0.05, 0) is 50.7 Å². The lowest BCUT2D eigenvalue weighted by Crippen LogP contribution is -2.50. The van der Waals surface area contributed by atoms with Crippen LogP contribution in [0.15, 0.2) is 12.3 Å². The minimum Gasteiger partial charge on any atom is -0.385 e. The maximum atomic E-state index is 13.4. The molecule has 0 bridgehead atoms. The molecule has 7 nitrogen and oxygen atoms in total. The SMILES string of the molecule is CCc1cn(CCCOC)c2cc([C@@H](C)N(C(=O)[C@H]3CNCCO3)C3CC3)nc(CC)c12. The molecule has 7 heteroatoms. The molecule has 2 aromatic heterocycles. The van der Waals surface area contributed by atoms with Gasteiger partial charge in [-0.25, -0.2) is 0 Å². The summed E-state index contributed by atoms with van der Waals surface area (Å²) in [4.78, 5) is 20.6. The zero-order chi connectivity index (χ0) is 22.7. The zero-order valence-corrected chi connectivity index (χ0v) is 20.0. The van der Waals surface area contributed by atoms with Crippen molar-refractivity contribution in [3.8, 4) is 0 Å². The van der Waals surface area contributed by atoms with Gasteiger partial charge in [-0.1, -0.05) is 13.8 Å². The van der Waals surface area contributed by atoms with E-state index >= 15 is 0 Å². The van der Waals surface area contributed by atoms with Crippen LogP contribution in [0.2, 0.25) is 0 Å². The van der Waals surface area contributed by atoms with Crippen LogP contribution < -0.4 is 5.32 Å². The minimum atomic E-state index is -0.397. The number of nitrogens with zero attached hydrogens (tertiary/aromatic N) is 3. The Kier molecular flexibility index (Phi) is 7.48. The summed E-state index contributed by atoms with van der Waals surface area (Å²) in [7, 11) is 1.75. The second-order valence-corrected chi connectivity index (χ2v) is 9.01. The first-order valence-corrected chi connectivity index (χ1v) is 12.2. The average molecular weight is 443 g/mol. The summed E-state index contributed by atoms with van der Waals surface area (Å²) < 4.78 is 13.4. The number of fused-ring (bicyclic) bond motifs is 1. The fourth-order valence-corrected chi connectivity index (χ4v) is 4.88. The first kappa shape index (κ1) is 23.2. The molecule has 0 unspecified atom stereocenters. The summed E-state index contributed by atoms with van der Waals surface area (Å²) in [6.45, 7) is 10.1. The Balaban J connectivity index is 1.70. The molecule has 2 fully saturated rings. The number of aryl methyl sites for hydroxylation is 3. The summed E-state index contributed by atoms with van der Waals surface area (Å²) in [6.07, 6.45) is 6.83. The molecule has 1 aliphatic carbocycles. The molecule has 176 valence electrons. The number of nitrogens with one attached hydrogen (secondary N) is 1. The van der Waals surface area contributed by atoms with Crippen LogP contribution in [0.3, 0.4) is 0 Å². The highest BCUT2D eigenvalue weighted by Crippen LogP contribution is 2.36. The maximum Gasteiger partial charge on any atom is 0.253 e. The number of hydrogen-bond acceptors (Lipinski definition) is 5. The van der Waals surface area contributed by atoms with E-state index in [9.17, 15) is 4.79 Å². The fourth-order valence-electron chi connectivity index (χ4n) is 4.88. The van der Waals surface area contributed by atoms with Crippen molar-refractivity contribution in [1.82, 2.24) is 19.8 Å². The molecule has 0 spiro atoms. The molecule has 3 heterocycles. The second kappa shape index (κ2) is 10.3. The summed E-state index contributed by atoms with van der Waals surface area (Å²) in [5.41, 5.74) is 4.68. The van der Waals surface area contributed by atoms with Gasteiger partial charge in [0, 0.05) is 51.0 Å². The lowest BCUT2D eigenvalue weighted by atomic mass is 10.0. The molecular weight excluding hydrogens is 404 g/mol. The molecule has 2 aromatic rings. The monoisotopic (exact) mass is 442 g/mol. The smallest absolute Gasteiger partial charge is 0.253 e. The molecule has 0 radical (unpaired) electrons. The lowest BCUT2D eigenvalue weighted by Gasteiger charge is -2.34. The van der Waals surface area contributed by atoms with Crippen molar-refractivity contribution < 1.29 is 14.3 Å². The summed E-state index contributed by atoms with van der Waals surface area (Å²) >= 11 is 0. The van der Waals surface area contributed by atoms with Gasteiger partial charge in [0.25, 0.3) is 5.91 Å². The van der Waals surface area contributed by atoms with Crippen LogP contribution in [0, 0.1) is 0 Å². The summed E-state index contributed by atoms with van der Waals surface area (Å²) in [5.74, 6) is 0.0943. The minimum absolute atomic E-state index is 0.0809. The van der Waals surface area contributed by atoms with Crippen molar-refractivity contribution in [2.75, 3.05) is 33.4 Å². The molecule has 1 amide bonds. The van der Waals surface area contributed by atoms with Crippen molar-refractivity contribution in [2.45, 2.75) is 77.6 Å². The van der Waals surface area contributed by atoms with Crippen molar-refractivity contribution in [3.63, 3.8) is 0 Å². The van der Waals surface area contributed by atoms with Crippen LogP contribution in [0.5, 0.6) is 0 Å². The summed E-state index contributed by atoms with van der Waals surface area (Å²) in [5, 5.41) is 4.58. The number of amides is 1. The Bertz CT molecular complexity index is 931. The molecule has 1 N–H and O–H groups in total. The molecule has 32 heavy (non-hydrogen) atoms. The number of methoxy groups -OCH3 is 1. The topological polar surface area (TPSA) is 68.6 Å². The number of ether oxygens (including phenoxy) is 2. The third-order valence-corrected chi connectivity index (χ3v) is 6.74. The third-order valence-electron chi connectivity index (χ3n) is 6.74. The van der Waals surface area contributed by atoms with Gasteiger partial charge in [-0.3, -0.25) is 9.78 Å². The number of carbonyl (C=O) groups is 1. The predicted octanol–water partition coefficient (Wildman–Crippen LogP) is 3.24. The lowest BCUT2D eigenvalue weighted by molar-refractivity contribution is -0.148. The largest absolute Gasteiger partial charge is 0.385 e. The standard InChI is InChI=1S/C25H38N4O3/c1-5-18-16-28(11-7-12-31-4)22-14-21(27-20(6-2)24(18)22)17(3)29(19-8-9-19)25(30)23-15-26-10-13-32-23/h14,16-17,19,23,26H,5-13,15H2,1-4H3/t17-,23-/m1/s1. The number of aromatic nitrogens is 2. The van der Waals surface area contributed by atoms with E-state index < -0.39 is 6.10 Å². The molecule has 1 saturated carbocycles. The number of pyridine rings is 1. The van der Waals surface area contributed by atoms with E-state index in [1.807, 2.05) is 4.90 Å². The van der Waals surface area contributed by atoms with Crippen molar-refractivity contribution in [3.05, 3.63) is 29.2 Å². The average Bonchev–Trinajstić information content (AvgIpc) is 3.60. The van der Waals surface area contributed by atoms with Gasteiger partial charge in [0.2, 0.25) is 0 Å². The van der Waals surface area contributed by atoms with Crippen LogP contribution in [0.4, 0.5) is 0 Å². The van der Waals surface area contributed by atoms with E-state index in [1.54, 1.807) is 7.11 Å². The van der Waals surface area contributed by atoms with Gasteiger partial charge in [-0.15, -0.1) is 0 Å². The Hall–Kier alpha value is -1.96. The first-order chi connectivity index (χ1) is 15.6. The van der Waals surface area contributed by atoms with Crippen LogP contribution in [0.25, 0.3) is 10.9 Å². The van der Waals surface area contributed by atoms with Crippen LogP contribution >= 0.6 is 0 Å². The van der Waals surface area contributed by atoms with Crippen molar-refractivity contribution >= 4 is 16.8 Å². The first-order valence-electron chi connectivity index (χ1n) is 12.2. The van der Waals surface area contributed by atoms with E-state index in [4.69, 9.17) is 14.5 Å². The van der Waals surface area contributed by atoms with Gasteiger partial charge in [0.05, 0.1) is 29.6 Å². The molecule has 4 rings (SSSR count). The Morgan fingerprint density at radius 2 is 2.19 bits per heavy atom. The number of morpholine rings is 1. The maximum absolute atomic E-state index is 13.4. The van der Waals surface area contributed by atoms with Crippen LogP contribution in [-0.2, 0) is 33.7 Å². The van der Waals surface area contributed by atoms with Crippen molar-refractivity contribution in [2.24, 2.45) is 0 Å². The van der Waals surface area contributed by atoms with Crippen molar-refractivity contribution in [1.29, 1.82) is 0 Å². The highest BCUT2D eigenvalue weighted by atomic mass is 16.5. The normalized spacial score (nSPS) is 19.9. The zero-order valence-electron chi connectivity index (χ0n) is 20.0. The molecule has 1 aliphatic heterocycles. The Morgan fingerprint density at radius 1 is 1.38 bits per heavy atom. The predicted molar refractivity (Wildman–Crippen MR) is 126 cm³/mol. The number of carbonyl (C=O) groups excluding carboxylic acids is 1. The number of hydrogen-bond donors (Lipinski definition) is 1. The van der Waals surface area contributed by atoms with Gasteiger partial charge >= 0.3 is 0 Å². The fraction of sp³-hybridized carbons (Fsp3) is 0.680. The highest BCUT2D eigenvalue weighted by molar-refractivity contribution is 5.87. The Morgan fingerprint density at radius 3 is 2.81 bits per heavy atom. The van der Waals surface area contributed by atoms with Crippen LogP contribution in [-0.4, -0.2) is 65.9 Å². The molecule has 2 atom stereocenters. The molecule has 1 saturated heterocycles. The summed E-state index contributed by atoms with van der Waals surface area (Å²) in [6, 6.07) is 2.43. The highest BCUT2D eigenvalue weighted by Gasteiger charge is 2.40. The number of rotatable bonds is 10. The third kappa shape index (κ3) is 4.70. The quantitative estimate of drug-likeness (QED) is 0.572. The molecule has 0 aromatic carbocycles. The molecular formula is C25H38N4O3. The Labute approximate surface area is 191 Å².